The fourth-order valence-electron chi connectivity index (χ4n) is 2.66. The highest BCUT2D eigenvalue weighted by Gasteiger charge is 2.27. The molecule has 18 heavy (non-hydrogen) atoms. The van der Waals surface area contributed by atoms with Crippen molar-refractivity contribution >= 4 is 27.3 Å². The summed E-state index contributed by atoms with van der Waals surface area (Å²) in [5.74, 6) is 0.453. The van der Waals surface area contributed by atoms with Crippen molar-refractivity contribution in [3.05, 3.63) is 20.8 Å². The number of aliphatic hydroxyl groups excluding tert-OH is 1. The van der Waals surface area contributed by atoms with Crippen molar-refractivity contribution in [3.8, 4) is 0 Å². The molecule has 102 valence electrons. The number of halogens is 1. The number of nitrogens with two attached hydrogens (primary N) is 1. The minimum absolute atomic E-state index is 0.181. The van der Waals surface area contributed by atoms with Gasteiger partial charge < -0.3 is 10.8 Å². The predicted octanol–water partition coefficient (Wildman–Crippen LogP) is 2.60. The molecular formula is C13H21BrN2OS. The molecule has 2 heterocycles. The van der Waals surface area contributed by atoms with E-state index < -0.39 is 0 Å². The van der Waals surface area contributed by atoms with E-state index in [2.05, 4.69) is 32.3 Å². The number of thiophene rings is 1. The molecule has 2 unspecified atom stereocenters. The molecule has 1 aliphatic rings. The van der Waals surface area contributed by atoms with Crippen LogP contribution in [0.15, 0.2) is 15.9 Å². The summed E-state index contributed by atoms with van der Waals surface area (Å²) < 4.78 is 1.14. The maximum absolute atomic E-state index is 9.63. The molecule has 0 spiro atoms. The Morgan fingerprint density at radius 1 is 1.56 bits per heavy atom. The summed E-state index contributed by atoms with van der Waals surface area (Å²) in [5, 5.41) is 11.7. The Hall–Kier alpha value is 0.0600. The smallest absolute Gasteiger partial charge is 0.0564 e. The molecule has 1 aliphatic heterocycles. The van der Waals surface area contributed by atoms with Crippen LogP contribution >= 0.6 is 27.3 Å². The van der Waals surface area contributed by atoms with Crippen molar-refractivity contribution in [1.82, 2.24) is 4.90 Å². The number of hydrogen-bond donors (Lipinski definition) is 2. The van der Waals surface area contributed by atoms with Crippen molar-refractivity contribution in [3.63, 3.8) is 0 Å². The predicted molar refractivity (Wildman–Crippen MR) is 79.8 cm³/mol. The van der Waals surface area contributed by atoms with Gasteiger partial charge in [0.1, 0.15) is 0 Å². The minimum atomic E-state index is -0.181. The second kappa shape index (κ2) is 6.48. The molecule has 1 aromatic heterocycles. The average molecular weight is 333 g/mol. The molecule has 1 aromatic rings. The first-order chi connectivity index (χ1) is 8.61. The second-order valence-corrected chi connectivity index (χ2v) is 6.89. The van der Waals surface area contributed by atoms with Crippen LogP contribution in [0.1, 0.15) is 30.7 Å². The maximum atomic E-state index is 9.63. The number of rotatable bonds is 4. The van der Waals surface area contributed by atoms with E-state index in [4.69, 9.17) is 5.73 Å². The standard InChI is InChI=1S/C13H21BrN2OS/c1-9(17)10-2-4-16(5-3-10)12(7-15)13-6-11(14)8-18-13/h6,8-10,12,17H,2-5,7,15H2,1H3. The van der Waals surface area contributed by atoms with Crippen LogP contribution in [0.2, 0.25) is 0 Å². The van der Waals surface area contributed by atoms with Gasteiger partial charge in [0.05, 0.1) is 12.1 Å². The van der Waals surface area contributed by atoms with Gasteiger partial charge in [-0.3, -0.25) is 4.90 Å². The average Bonchev–Trinajstić information content (AvgIpc) is 2.77. The van der Waals surface area contributed by atoms with Gasteiger partial charge in [0, 0.05) is 21.3 Å². The number of piperidine rings is 1. The summed E-state index contributed by atoms with van der Waals surface area (Å²) in [5.41, 5.74) is 5.94. The van der Waals surface area contributed by atoms with Gasteiger partial charge in [0.2, 0.25) is 0 Å². The zero-order chi connectivity index (χ0) is 13.1. The lowest BCUT2D eigenvalue weighted by atomic mass is 9.91. The van der Waals surface area contributed by atoms with E-state index in [-0.39, 0.29) is 6.10 Å². The van der Waals surface area contributed by atoms with Crippen LogP contribution < -0.4 is 5.73 Å². The maximum Gasteiger partial charge on any atom is 0.0564 e. The molecule has 0 aromatic carbocycles. The fourth-order valence-corrected chi connectivity index (χ4v) is 4.25. The van der Waals surface area contributed by atoms with Crippen molar-refractivity contribution in [2.45, 2.75) is 31.9 Å². The SMILES string of the molecule is CC(O)C1CCN(C(CN)c2cc(Br)cs2)CC1. The van der Waals surface area contributed by atoms with Gasteiger partial charge in [-0.25, -0.2) is 0 Å². The van der Waals surface area contributed by atoms with Crippen LogP contribution in [-0.2, 0) is 0 Å². The summed E-state index contributed by atoms with van der Waals surface area (Å²) in [4.78, 5) is 3.79. The van der Waals surface area contributed by atoms with Crippen LogP contribution in [-0.4, -0.2) is 35.7 Å². The Balaban J connectivity index is 1.98. The van der Waals surface area contributed by atoms with Crippen LogP contribution in [0, 0.1) is 5.92 Å². The van der Waals surface area contributed by atoms with Gasteiger partial charge in [0.15, 0.2) is 0 Å². The molecule has 1 saturated heterocycles. The van der Waals surface area contributed by atoms with Gasteiger partial charge in [-0.1, -0.05) is 0 Å². The Kier molecular flexibility index (Phi) is 5.21. The van der Waals surface area contributed by atoms with Gasteiger partial charge in [-0.15, -0.1) is 11.3 Å². The monoisotopic (exact) mass is 332 g/mol. The van der Waals surface area contributed by atoms with E-state index in [1.54, 1.807) is 11.3 Å². The summed E-state index contributed by atoms with van der Waals surface area (Å²) in [6, 6.07) is 2.50. The van der Waals surface area contributed by atoms with Crippen LogP contribution in [0.4, 0.5) is 0 Å². The molecule has 1 fully saturated rings. The summed E-state index contributed by atoms with van der Waals surface area (Å²) in [6.07, 6.45) is 1.96. The molecule has 3 N–H and O–H groups in total. The van der Waals surface area contributed by atoms with Crippen LogP contribution in [0.5, 0.6) is 0 Å². The van der Waals surface area contributed by atoms with Gasteiger partial charge in [0.25, 0.3) is 0 Å². The highest BCUT2D eigenvalue weighted by molar-refractivity contribution is 9.10. The molecule has 0 aliphatic carbocycles. The molecule has 0 bridgehead atoms. The van der Waals surface area contributed by atoms with Crippen molar-refractivity contribution < 1.29 is 5.11 Å². The summed E-state index contributed by atoms with van der Waals surface area (Å²) in [7, 11) is 0. The topological polar surface area (TPSA) is 49.5 Å². The minimum Gasteiger partial charge on any atom is -0.393 e. The normalized spacial score (nSPS) is 22.0. The summed E-state index contributed by atoms with van der Waals surface area (Å²) >= 11 is 5.27. The number of hydrogen-bond acceptors (Lipinski definition) is 4. The first kappa shape index (κ1) is 14.5. The highest BCUT2D eigenvalue weighted by Crippen LogP contribution is 2.32. The number of nitrogens with zero attached hydrogens (tertiary/aromatic N) is 1. The van der Waals surface area contributed by atoms with E-state index in [0.717, 1.165) is 30.4 Å². The Bertz CT molecular complexity index is 375. The number of aliphatic hydroxyl groups is 1. The Morgan fingerprint density at radius 2 is 2.22 bits per heavy atom. The lowest BCUT2D eigenvalue weighted by Crippen LogP contribution is -2.41. The fraction of sp³-hybridized carbons (Fsp3) is 0.692. The molecule has 0 saturated carbocycles. The zero-order valence-corrected chi connectivity index (χ0v) is 13.1. The van der Waals surface area contributed by atoms with Crippen molar-refractivity contribution in [2.75, 3.05) is 19.6 Å². The highest BCUT2D eigenvalue weighted by atomic mass is 79.9. The van der Waals surface area contributed by atoms with E-state index in [1.807, 2.05) is 6.92 Å². The molecule has 2 rings (SSSR count). The molecule has 3 nitrogen and oxygen atoms in total. The molecular weight excluding hydrogens is 312 g/mol. The van der Waals surface area contributed by atoms with Gasteiger partial charge in [-0.2, -0.15) is 0 Å². The van der Waals surface area contributed by atoms with Crippen molar-refractivity contribution in [1.29, 1.82) is 0 Å². The first-order valence-electron chi connectivity index (χ1n) is 6.48. The third-order valence-corrected chi connectivity index (χ3v) is 5.63. The molecule has 2 atom stereocenters. The number of likely N-dealkylation sites (tertiary alicyclic amines) is 1. The van der Waals surface area contributed by atoms with E-state index in [9.17, 15) is 5.11 Å². The van der Waals surface area contributed by atoms with Crippen LogP contribution in [0.3, 0.4) is 0 Å². The lowest BCUT2D eigenvalue weighted by Gasteiger charge is -2.37. The van der Waals surface area contributed by atoms with Gasteiger partial charge in [-0.05, 0) is 60.8 Å². The third-order valence-electron chi connectivity index (χ3n) is 3.84. The van der Waals surface area contributed by atoms with E-state index >= 15 is 0 Å². The largest absolute Gasteiger partial charge is 0.393 e. The Labute approximate surface area is 121 Å². The van der Waals surface area contributed by atoms with Crippen LogP contribution in [0.25, 0.3) is 0 Å². The summed E-state index contributed by atoms with van der Waals surface area (Å²) in [6.45, 7) is 4.63. The molecule has 5 heteroatoms. The van der Waals surface area contributed by atoms with Gasteiger partial charge >= 0.3 is 0 Å². The lowest BCUT2D eigenvalue weighted by molar-refractivity contribution is 0.0574. The quantitative estimate of drug-likeness (QED) is 0.890. The third kappa shape index (κ3) is 3.33. The first-order valence-corrected chi connectivity index (χ1v) is 8.15. The zero-order valence-electron chi connectivity index (χ0n) is 10.7. The van der Waals surface area contributed by atoms with E-state index in [1.165, 1.54) is 4.88 Å². The van der Waals surface area contributed by atoms with Crippen molar-refractivity contribution in [2.24, 2.45) is 11.7 Å². The van der Waals surface area contributed by atoms with E-state index in [0.29, 0.717) is 18.5 Å². The molecule has 0 amide bonds. The Morgan fingerprint density at radius 3 is 2.67 bits per heavy atom. The molecule has 0 radical (unpaired) electrons. The second-order valence-electron chi connectivity index (χ2n) is 5.03.